The minimum Gasteiger partial charge on any atom is -0.433 e. The van der Waals surface area contributed by atoms with E-state index < -0.39 is 11.5 Å². The van der Waals surface area contributed by atoms with E-state index >= 15 is 0 Å². The number of anilines is 2. The first-order chi connectivity index (χ1) is 10.7. The molecule has 2 N–H and O–H groups in total. The SMILES string of the molecule is CC.CN(C)CCN(C)c1cc(OC(F)F)c(N)cc1[N+](=O)[O-]. The zero-order valence-corrected chi connectivity index (χ0v) is 14.0. The van der Waals surface area contributed by atoms with Gasteiger partial charge in [-0.05, 0) is 14.1 Å². The second-order valence-corrected chi connectivity index (χ2v) is 4.74. The molecule has 23 heavy (non-hydrogen) atoms. The molecule has 0 saturated heterocycles. The minimum absolute atomic E-state index is 0.173. The highest BCUT2D eigenvalue weighted by atomic mass is 19.3. The maximum absolute atomic E-state index is 12.3. The van der Waals surface area contributed by atoms with Crippen molar-refractivity contribution in [1.29, 1.82) is 0 Å². The molecule has 0 aliphatic heterocycles. The molecule has 0 bridgehead atoms. The lowest BCUT2D eigenvalue weighted by atomic mass is 10.2. The zero-order valence-electron chi connectivity index (χ0n) is 14.0. The summed E-state index contributed by atoms with van der Waals surface area (Å²) in [7, 11) is 5.35. The van der Waals surface area contributed by atoms with Crippen LogP contribution in [-0.2, 0) is 0 Å². The van der Waals surface area contributed by atoms with Crippen LogP contribution < -0.4 is 15.4 Å². The number of nitro benzene ring substituents is 1. The van der Waals surface area contributed by atoms with E-state index in [0.717, 1.165) is 12.1 Å². The topological polar surface area (TPSA) is 84.9 Å². The maximum atomic E-state index is 12.3. The summed E-state index contributed by atoms with van der Waals surface area (Å²) in [5.41, 5.74) is 5.23. The Hall–Kier alpha value is -2.16. The van der Waals surface area contributed by atoms with Crippen LogP contribution in [0.15, 0.2) is 12.1 Å². The number of nitrogen functional groups attached to an aromatic ring is 1. The lowest BCUT2D eigenvalue weighted by Gasteiger charge is -2.22. The highest BCUT2D eigenvalue weighted by Crippen LogP contribution is 2.37. The Balaban J connectivity index is 0.00000232. The molecule has 0 radical (unpaired) electrons. The largest absolute Gasteiger partial charge is 0.433 e. The van der Waals surface area contributed by atoms with Crippen molar-refractivity contribution >= 4 is 17.1 Å². The van der Waals surface area contributed by atoms with Gasteiger partial charge in [0.15, 0.2) is 5.75 Å². The summed E-state index contributed by atoms with van der Waals surface area (Å²) >= 11 is 0. The van der Waals surface area contributed by atoms with Gasteiger partial charge in [-0.1, -0.05) is 13.8 Å². The molecule has 0 aliphatic rings. The Morgan fingerprint density at radius 3 is 2.26 bits per heavy atom. The summed E-state index contributed by atoms with van der Waals surface area (Å²) in [5, 5.41) is 11.1. The van der Waals surface area contributed by atoms with Gasteiger partial charge in [0.25, 0.3) is 5.69 Å². The third-order valence-corrected chi connectivity index (χ3v) is 2.81. The van der Waals surface area contributed by atoms with Gasteiger partial charge in [0.1, 0.15) is 5.69 Å². The summed E-state index contributed by atoms with van der Waals surface area (Å²) < 4.78 is 28.9. The average molecular weight is 334 g/mol. The van der Waals surface area contributed by atoms with Crippen molar-refractivity contribution in [3.8, 4) is 5.75 Å². The second-order valence-electron chi connectivity index (χ2n) is 4.74. The van der Waals surface area contributed by atoms with Crippen molar-refractivity contribution in [2.45, 2.75) is 20.5 Å². The molecule has 0 aliphatic carbocycles. The van der Waals surface area contributed by atoms with Crippen LogP contribution in [0.3, 0.4) is 0 Å². The number of nitro groups is 1. The first-order valence-corrected chi connectivity index (χ1v) is 7.11. The number of nitrogens with zero attached hydrogens (tertiary/aromatic N) is 3. The van der Waals surface area contributed by atoms with Crippen molar-refractivity contribution in [3.05, 3.63) is 22.2 Å². The number of halogens is 2. The zero-order chi connectivity index (χ0) is 18.2. The van der Waals surface area contributed by atoms with Crippen LogP contribution in [0.1, 0.15) is 13.8 Å². The smallest absolute Gasteiger partial charge is 0.387 e. The number of hydrogen-bond acceptors (Lipinski definition) is 6. The number of alkyl halides is 2. The van der Waals surface area contributed by atoms with Crippen LogP contribution >= 0.6 is 0 Å². The Bertz CT molecular complexity index is 513. The summed E-state index contributed by atoms with van der Waals surface area (Å²) in [4.78, 5) is 14.0. The van der Waals surface area contributed by atoms with Crippen molar-refractivity contribution in [2.75, 3.05) is 44.9 Å². The molecule has 0 unspecified atom stereocenters. The van der Waals surface area contributed by atoms with E-state index in [-0.39, 0.29) is 22.8 Å². The molecule has 0 amide bonds. The molecular formula is C14H24F2N4O3. The van der Waals surface area contributed by atoms with Gasteiger partial charge in [-0.25, -0.2) is 0 Å². The van der Waals surface area contributed by atoms with Gasteiger partial charge in [0, 0.05) is 32.3 Å². The normalized spacial score (nSPS) is 10.3. The van der Waals surface area contributed by atoms with Crippen molar-refractivity contribution in [2.24, 2.45) is 0 Å². The minimum atomic E-state index is -3.05. The number of rotatable bonds is 7. The van der Waals surface area contributed by atoms with Crippen molar-refractivity contribution in [3.63, 3.8) is 0 Å². The first-order valence-electron chi connectivity index (χ1n) is 7.11. The standard InChI is InChI=1S/C12H18F2N4O3.C2H6/c1-16(2)4-5-17(3)9-7-11(21-12(13)14)8(15)6-10(9)18(19)20;1-2/h6-7,12H,4-5,15H2,1-3H3;1-2H3. The van der Waals surface area contributed by atoms with Gasteiger partial charge in [0.2, 0.25) is 0 Å². The van der Waals surface area contributed by atoms with E-state index in [2.05, 4.69) is 4.74 Å². The third-order valence-electron chi connectivity index (χ3n) is 2.81. The molecule has 1 aromatic rings. The van der Waals surface area contributed by atoms with Crippen LogP contribution in [0.2, 0.25) is 0 Å². The highest BCUT2D eigenvalue weighted by molar-refractivity contribution is 5.73. The molecule has 1 rings (SSSR count). The van der Waals surface area contributed by atoms with Crippen LogP contribution in [0.5, 0.6) is 5.75 Å². The summed E-state index contributed by atoms with van der Waals surface area (Å²) in [6.45, 7) is 2.07. The molecule has 132 valence electrons. The molecule has 0 heterocycles. The van der Waals surface area contributed by atoms with Gasteiger partial charge < -0.3 is 20.3 Å². The van der Waals surface area contributed by atoms with E-state index in [0.29, 0.717) is 13.1 Å². The number of likely N-dealkylation sites (N-methyl/N-ethyl adjacent to an activating group) is 2. The molecular weight excluding hydrogens is 310 g/mol. The molecule has 7 nitrogen and oxygen atoms in total. The summed E-state index contributed by atoms with van der Waals surface area (Å²) in [6, 6.07) is 2.19. The van der Waals surface area contributed by atoms with Gasteiger partial charge >= 0.3 is 6.61 Å². The molecule has 1 aromatic carbocycles. The summed E-state index contributed by atoms with van der Waals surface area (Å²) in [5.74, 6) is -0.276. The fraction of sp³-hybridized carbons (Fsp3) is 0.571. The highest BCUT2D eigenvalue weighted by Gasteiger charge is 2.22. The third kappa shape index (κ3) is 6.64. The van der Waals surface area contributed by atoms with Crippen LogP contribution in [0, 0.1) is 10.1 Å². The van der Waals surface area contributed by atoms with Gasteiger partial charge in [0.05, 0.1) is 10.6 Å². The second kappa shape index (κ2) is 9.78. The number of ether oxygens (including phenoxy) is 1. The van der Waals surface area contributed by atoms with E-state index in [1.54, 1.807) is 11.9 Å². The fourth-order valence-electron chi connectivity index (χ4n) is 1.69. The molecule has 0 aromatic heterocycles. The number of nitrogens with two attached hydrogens (primary N) is 1. The lowest BCUT2D eigenvalue weighted by molar-refractivity contribution is -0.384. The van der Waals surface area contributed by atoms with E-state index in [1.165, 1.54) is 0 Å². The fourth-order valence-corrected chi connectivity index (χ4v) is 1.69. The predicted molar refractivity (Wildman–Crippen MR) is 87.3 cm³/mol. The van der Waals surface area contributed by atoms with Crippen LogP contribution in [0.25, 0.3) is 0 Å². The molecule has 0 saturated carbocycles. The average Bonchev–Trinajstić information content (AvgIpc) is 2.47. The number of benzene rings is 1. The van der Waals surface area contributed by atoms with Gasteiger partial charge in [-0.2, -0.15) is 8.78 Å². The van der Waals surface area contributed by atoms with Crippen molar-refractivity contribution in [1.82, 2.24) is 4.90 Å². The van der Waals surface area contributed by atoms with E-state index in [4.69, 9.17) is 5.73 Å². The van der Waals surface area contributed by atoms with Crippen molar-refractivity contribution < 1.29 is 18.4 Å². The predicted octanol–water partition coefficient (Wildman–Crippen LogP) is 2.80. The van der Waals surface area contributed by atoms with Crippen LogP contribution in [-0.4, -0.2) is 50.7 Å². The molecule has 0 atom stereocenters. The Labute approximate surface area is 134 Å². The maximum Gasteiger partial charge on any atom is 0.387 e. The van der Waals surface area contributed by atoms with Gasteiger partial charge in [-0.3, -0.25) is 10.1 Å². The first kappa shape index (κ1) is 20.8. The Kier molecular flexibility index (Phi) is 8.86. The monoisotopic (exact) mass is 334 g/mol. The quantitative estimate of drug-likeness (QED) is 0.469. The molecule has 0 spiro atoms. The Morgan fingerprint density at radius 2 is 1.83 bits per heavy atom. The molecule has 0 fully saturated rings. The Morgan fingerprint density at radius 1 is 1.26 bits per heavy atom. The van der Waals surface area contributed by atoms with Crippen LogP contribution in [0.4, 0.5) is 25.8 Å². The molecule has 9 heteroatoms. The van der Waals surface area contributed by atoms with E-state index in [1.807, 2.05) is 32.8 Å². The lowest BCUT2D eigenvalue weighted by Crippen LogP contribution is -2.29. The summed E-state index contributed by atoms with van der Waals surface area (Å²) in [6.07, 6.45) is 0. The van der Waals surface area contributed by atoms with Gasteiger partial charge in [-0.15, -0.1) is 0 Å². The van der Waals surface area contributed by atoms with E-state index in [9.17, 15) is 18.9 Å². The number of hydrogen-bond donors (Lipinski definition) is 1.